The Balaban J connectivity index is 0.997. The highest BCUT2D eigenvalue weighted by Crippen LogP contribution is 2.42. The molecule has 4 heterocycles. The number of aromatic nitrogens is 5. The minimum atomic E-state index is -3.15. The van der Waals surface area contributed by atoms with Crippen LogP contribution in [0, 0.1) is 5.82 Å². The number of nitrogens with zero attached hydrogens (tertiary/aromatic N) is 5. The normalized spacial score (nSPS) is 18.3. The third-order valence-electron chi connectivity index (χ3n) is 12.2. The zero-order valence-electron chi connectivity index (χ0n) is 35.4. The SMILES string of the molecule is Cn1cc(-c2cc(F)c3c(c2)CCC3Nc2nc3c(cc2Cl)nc(O[C@@H]2CO[C@H](CCC(C)(C)[Si](O)(c4ccccc4)c4ccccc4)C2)n3COCC[Si](C)(C)C)cn1. The van der Waals surface area contributed by atoms with Crippen LogP contribution in [0.4, 0.5) is 10.2 Å². The van der Waals surface area contributed by atoms with Gasteiger partial charge in [0.15, 0.2) is 5.65 Å². The molecule has 1 saturated heterocycles. The predicted octanol–water partition coefficient (Wildman–Crippen LogP) is 8.88. The number of anilines is 1. The number of imidazole rings is 1. The average Bonchev–Trinajstić information content (AvgIpc) is 4.03. The highest BCUT2D eigenvalue weighted by molar-refractivity contribution is 6.98. The standard InChI is InChI=1S/C46H56ClFN6O4Si2/c1-46(2,60(55,36-13-9-7-10-14-36)37-15-11-8-12-16-37)20-19-34-25-35(29-57-34)58-45-51-41-26-38(47)43(52-44(41)54(45)30-56-21-22-59(4,5)6)50-40-18-17-31-23-32(24-39(48)42(31)40)33-27-49-53(3)28-33/h7-16,23-24,26-28,34-35,40,55H,17-22,25,29-30H2,1-6H3,(H,50,52)/t34-,35+,40?/m1/s1. The van der Waals surface area contributed by atoms with Crippen LogP contribution in [0.15, 0.2) is 91.3 Å². The van der Waals surface area contributed by atoms with Gasteiger partial charge in [-0.25, -0.2) is 9.37 Å². The molecule has 1 aliphatic heterocycles. The molecular weight excluding hydrogens is 811 g/mol. The second-order valence-corrected chi connectivity index (χ2v) is 28.3. The van der Waals surface area contributed by atoms with Crippen LogP contribution in [0.2, 0.25) is 35.7 Å². The third kappa shape index (κ3) is 8.84. The van der Waals surface area contributed by atoms with Crippen molar-refractivity contribution in [3.05, 3.63) is 113 Å². The maximum atomic E-state index is 15.8. The van der Waals surface area contributed by atoms with E-state index in [9.17, 15) is 4.80 Å². The van der Waals surface area contributed by atoms with E-state index >= 15 is 4.39 Å². The Morgan fingerprint density at radius 1 is 1.00 bits per heavy atom. The molecule has 1 fully saturated rings. The Labute approximate surface area is 359 Å². The van der Waals surface area contributed by atoms with Crippen LogP contribution in [0.25, 0.3) is 22.3 Å². The summed E-state index contributed by atoms with van der Waals surface area (Å²) < 4.78 is 38.7. The van der Waals surface area contributed by atoms with Crippen molar-refractivity contribution in [2.45, 2.75) is 102 Å². The summed E-state index contributed by atoms with van der Waals surface area (Å²) in [7, 11) is -2.63. The minimum Gasteiger partial charge on any atom is -0.459 e. The Kier molecular flexibility index (Phi) is 12.1. The number of fused-ring (bicyclic) bond motifs is 2. The molecular formula is C46H56ClFN6O4Si2. The first-order valence-electron chi connectivity index (χ1n) is 21.0. The lowest BCUT2D eigenvalue weighted by Gasteiger charge is -2.41. The zero-order chi connectivity index (χ0) is 42.2. The highest BCUT2D eigenvalue weighted by Gasteiger charge is 2.50. The van der Waals surface area contributed by atoms with Crippen LogP contribution < -0.4 is 20.4 Å². The van der Waals surface area contributed by atoms with Gasteiger partial charge in [0, 0.05) is 45.5 Å². The van der Waals surface area contributed by atoms with Gasteiger partial charge in [0.25, 0.3) is 8.32 Å². The number of pyridine rings is 1. The van der Waals surface area contributed by atoms with Crippen molar-refractivity contribution in [2.75, 3.05) is 18.5 Å². The number of aryl methyl sites for hydroxylation is 2. The molecule has 1 aliphatic carbocycles. The molecule has 3 atom stereocenters. The number of hydrogen-bond donors (Lipinski definition) is 2. The first-order chi connectivity index (χ1) is 28.7. The molecule has 0 amide bonds. The van der Waals surface area contributed by atoms with E-state index < -0.39 is 16.4 Å². The maximum Gasteiger partial charge on any atom is 0.300 e. The van der Waals surface area contributed by atoms with E-state index in [0.29, 0.717) is 59.6 Å². The first-order valence-corrected chi connectivity index (χ1v) is 27.1. The fourth-order valence-corrected chi connectivity index (χ4v) is 13.4. The average molecular weight is 868 g/mol. The summed E-state index contributed by atoms with van der Waals surface area (Å²) in [6, 6.07) is 26.8. The van der Waals surface area contributed by atoms with Crippen LogP contribution >= 0.6 is 11.6 Å². The predicted molar refractivity (Wildman–Crippen MR) is 242 cm³/mol. The number of hydrogen-bond acceptors (Lipinski definition) is 8. The molecule has 10 nitrogen and oxygen atoms in total. The number of nitrogens with one attached hydrogen (secondary N) is 1. The molecule has 0 bridgehead atoms. The van der Waals surface area contributed by atoms with Crippen molar-refractivity contribution in [3.8, 4) is 17.1 Å². The molecule has 14 heteroatoms. The summed E-state index contributed by atoms with van der Waals surface area (Å²) in [5.74, 6) is 0.190. The Morgan fingerprint density at radius 2 is 1.72 bits per heavy atom. The van der Waals surface area contributed by atoms with Crippen molar-refractivity contribution in [1.82, 2.24) is 24.3 Å². The van der Waals surface area contributed by atoms with Crippen molar-refractivity contribution in [2.24, 2.45) is 7.05 Å². The molecule has 60 heavy (non-hydrogen) atoms. The molecule has 0 radical (unpaired) electrons. The Bertz CT molecular complexity index is 2400. The lowest BCUT2D eigenvalue weighted by molar-refractivity contribution is 0.0670. The van der Waals surface area contributed by atoms with Crippen LogP contribution in [-0.4, -0.2) is 70.9 Å². The Morgan fingerprint density at radius 3 is 2.38 bits per heavy atom. The van der Waals surface area contributed by atoms with Gasteiger partial charge < -0.3 is 24.3 Å². The van der Waals surface area contributed by atoms with E-state index in [1.165, 1.54) is 0 Å². The van der Waals surface area contributed by atoms with Gasteiger partial charge in [-0.3, -0.25) is 9.25 Å². The lowest BCUT2D eigenvalue weighted by atomic mass is 10.0. The van der Waals surface area contributed by atoms with Crippen LogP contribution in [0.1, 0.15) is 56.7 Å². The smallest absolute Gasteiger partial charge is 0.300 e. The summed E-state index contributed by atoms with van der Waals surface area (Å²) in [6.07, 6.45) is 7.03. The molecule has 316 valence electrons. The highest BCUT2D eigenvalue weighted by atomic mass is 35.5. The molecule has 2 N–H and O–H groups in total. The molecule has 6 aromatic rings. The summed E-state index contributed by atoms with van der Waals surface area (Å²) in [4.78, 5) is 22.6. The van der Waals surface area contributed by atoms with Gasteiger partial charge in [-0.15, -0.1) is 0 Å². The van der Waals surface area contributed by atoms with Crippen LogP contribution in [0.3, 0.4) is 0 Å². The van der Waals surface area contributed by atoms with E-state index in [0.717, 1.165) is 52.4 Å². The summed E-state index contributed by atoms with van der Waals surface area (Å²) in [5.41, 5.74) is 4.44. The lowest BCUT2D eigenvalue weighted by Crippen LogP contribution is -2.65. The molecule has 3 aromatic carbocycles. The fourth-order valence-electron chi connectivity index (χ4n) is 8.72. The van der Waals surface area contributed by atoms with Crippen molar-refractivity contribution in [1.29, 1.82) is 0 Å². The maximum absolute atomic E-state index is 15.8. The van der Waals surface area contributed by atoms with Crippen LogP contribution in [-0.2, 0) is 29.7 Å². The third-order valence-corrected chi connectivity index (χ3v) is 18.8. The number of rotatable bonds is 16. The van der Waals surface area contributed by atoms with Gasteiger partial charge in [0.2, 0.25) is 0 Å². The van der Waals surface area contributed by atoms with E-state index in [1.54, 1.807) is 23.0 Å². The van der Waals surface area contributed by atoms with Gasteiger partial charge >= 0.3 is 6.01 Å². The van der Waals surface area contributed by atoms with E-state index in [1.807, 2.05) is 54.2 Å². The van der Waals surface area contributed by atoms with E-state index in [2.05, 4.69) is 74.2 Å². The van der Waals surface area contributed by atoms with Gasteiger partial charge in [0.05, 0.1) is 30.0 Å². The number of halogens is 2. The largest absolute Gasteiger partial charge is 0.459 e. The zero-order valence-corrected chi connectivity index (χ0v) is 38.2. The quantitative estimate of drug-likeness (QED) is 0.0734. The summed E-state index contributed by atoms with van der Waals surface area (Å²) in [5, 5.41) is 9.74. The van der Waals surface area contributed by atoms with Crippen molar-refractivity contribution >= 4 is 55.3 Å². The second-order valence-electron chi connectivity index (χ2n) is 18.3. The molecule has 2 aliphatic rings. The van der Waals surface area contributed by atoms with Crippen LogP contribution in [0.5, 0.6) is 6.01 Å². The minimum absolute atomic E-state index is 0.0385. The number of ether oxygens (including phenoxy) is 3. The fraction of sp³-hybridized carbons (Fsp3) is 0.413. The van der Waals surface area contributed by atoms with Gasteiger partial charge in [-0.2, -0.15) is 10.1 Å². The molecule has 8 rings (SSSR count). The topological polar surface area (TPSA) is 108 Å². The monoisotopic (exact) mass is 866 g/mol. The van der Waals surface area contributed by atoms with Crippen molar-refractivity contribution < 1.29 is 23.4 Å². The Hall–Kier alpha value is -4.38. The van der Waals surface area contributed by atoms with Crippen molar-refractivity contribution in [3.63, 3.8) is 0 Å². The molecule has 0 spiro atoms. The van der Waals surface area contributed by atoms with E-state index in [4.69, 9.17) is 35.8 Å². The summed E-state index contributed by atoms with van der Waals surface area (Å²) >= 11 is 6.89. The molecule has 3 aromatic heterocycles. The van der Waals surface area contributed by atoms with Gasteiger partial charge in [0.1, 0.15) is 30.0 Å². The van der Waals surface area contributed by atoms with E-state index in [-0.39, 0.29) is 35.8 Å². The second kappa shape index (κ2) is 17.2. The van der Waals surface area contributed by atoms with Gasteiger partial charge in [-0.1, -0.05) is 112 Å². The number of benzene rings is 3. The first kappa shape index (κ1) is 42.3. The molecule has 1 unspecified atom stereocenters. The molecule has 0 saturated carbocycles. The summed E-state index contributed by atoms with van der Waals surface area (Å²) in [6.45, 7) is 12.6. The van der Waals surface area contributed by atoms with Gasteiger partial charge in [-0.05, 0) is 70.4 Å².